The first kappa shape index (κ1) is 59.4. The van der Waals surface area contributed by atoms with Crippen molar-refractivity contribution in [3.05, 3.63) is 139 Å². The predicted octanol–water partition coefficient (Wildman–Crippen LogP) is 11.2. The standard InChI is InChI=1S/C31H32Cl2N2O7S.C29H30Cl2N2O6S/c1-18(36)40-11-12-43(38,39)17-27(37)19-7-9-22(10-8-19)35-15-21-13-23(35)14-28(21)41-16-24-30(34-42-31(24)20-5-6-20)29-25(32)3-2-4-26(29)33;30-23-2-1-3-24(31)27(23)28-22(29(39-32-28)18-4-5-18)15-38-26-13-21-12-19(26)14-33(21)20-8-6-17(7-9-20)25(35)16-40(36,37)11-10-34/h2-4,7-10,20-21,23,28H,5-6,11-17H2,1H3;1-3,6-9,18-19,21,26,34H,4-5,10-16H2/t21-,23-,28+;19-,21-,26+/m00/s1. The molecular formula is C60H62Cl4N4O13S2. The number of carbonyl (C=O) groups excluding carboxylic acids is 3. The van der Waals surface area contributed by atoms with Gasteiger partial charge in [-0.15, -0.1) is 0 Å². The van der Waals surface area contributed by atoms with Gasteiger partial charge in [0.25, 0.3) is 0 Å². The average molecular weight is 1250 g/mol. The number of Topliss-reactive ketones (excluding diaryl/α,β-unsaturated/α-hetero) is 2. The van der Waals surface area contributed by atoms with Crippen LogP contribution in [0, 0.1) is 11.8 Å². The molecule has 12 rings (SSSR count). The summed E-state index contributed by atoms with van der Waals surface area (Å²) in [5.41, 5.74) is 7.18. The molecule has 6 fully saturated rings. The molecule has 2 aliphatic heterocycles. The summed E-state index contributed by atoms with van der Waals surface area (Å²) in [7, 11) is -7.30. The number of fused-ring (bicyclic) bond motifs is 4. The van der Waals surface area contributed by atoms with Crippen molar-refractivity contribution < 1.29 is 59.6 Å². The van der Waals surface area contributed by atoms with Gasteiger partial charge in [0, 0.05) is 101 Å². The molecule has 0 amide bonds. The number of aromatic nitrogens is 2. The van der Waals surface area contributed by atoms with Crippen molar-refractivity contribution in [2.75, 3.05) is 59.1 Å². The van der Waals surface area contributed by atoms with Gasteiger partial charge in [0.05, 0.1) is 63.6 Å². The van der Waals surface area contributed by atoms with Gasteiger partial charge in [-0.3, -0.25) is 14.4 Å². The summed E-state index contributed by atoms with van der Waals surface area (Å²) in [4.78, 5) is 40.6. The van der Waals surface area contributed by atoms with Crippen LogP contribution in [0.25, 0.3) is 22.5 Å². The van der Waals surface area contributed by atoms with Crippen LogP contribution in [-0.2, 0) is 51.9 Å². The maximum absolute atomic E-state index is 12.6. The first-order chi connectivity index (χ1) is 39.8. The van der Waals surface area contributed by atoms with Crippen LogP contribution < -0.4 is 9.80 Å². The summed E-state index contributed by atoms with van der Waals surface area (Å²) in [5, 5.41) is 19.7. The molecular weight excluding hydrogens is 1190 g/mol. The van der Waals surface area contributed by atoms with Crippen LogP contribution in [0.3, 0.4) is 0 Å². The highest BCUT2D eigenvalue weighted by molar-refractivity contribution is 7.92. The molecule has 83 heavy (non-hydrogen) atoms. The van der Waals surface area contributed by atoms with Gasteiger partial charge in [-0.25, -0.2) is 16.8 Å². The Balaban J connectivity index is 0.000000174. The third-order valence-corrected chi connectivity index (χ3v) is 20.9. The number of carbonyl (C=O) groups is 3. The van der Waals surface area contributed by atoms with Crippen molar-refractivity contribution >= 4 is 95.0 Å². The van der Waals surface area contributed by atoms with E-state index in [-0.39, 0.29) is 24.6 Å². The Morgan fingerprint density at radius 3 is 1.34 bits per heavy atom. The number of aliphatic hydroxyl groups is 1. The molecule has 6 atom stereocenters. The fourth-order valence-corrected chi connectivity index (χ4v) is 15.4. The molecule has 1 N–H and O–H groups in total. The molecule has 4 aliphatic carbocycles. The number of benzene rings is 4. The van der Waals surface area contributed by atoms with Crippen LogP contribution in [0.15, 0.2) is 94.0 Å². The van der Waals surface area contributed by atoms with E-state index in [9.17, 15) is 31.2 Å². The van der Waals surface area contributed by atoms with Gasteiger partial charge < -0.3 is 38.2 Å². The van der Waals surface area contributed by atoms with Crippen molar-refractivity contribution in [3.63, 3.8) is 0 Å². The molecule has 4 bridgehead atoms. The van der Waals surface area contributed by atoms with Crippen molar-refractivity contribution in [2.24, 2.45) is 11.8 Å². The maximum atomic E-state index is 12.6. The minimum absolute atomic E-state index is 0.0933. The lowest BCUT2D eigenvalue weighted by molar-refractivity contribution is -0.140. The Labute approximate surface area is 501 Å². The summed E-state index contributed by atoms with van der Waals surface area (Å²) in [5.74, 6) is -0.357. The molecule has 0 spiro atoms. The number of anilines is 2. The SMILES string of the molecule is CC(=O)OCCS(=O)(=O)CC(=O)c1ccc(N2C[C@@H]3C[C@H]2C[C@H]3OCc2c(-c3c(Cl)cccc3Cl)noc2C2CC2)cc1.O=C(CS(=O)(=O)CCO)c1ccc(N2C[C@@H]3C[C@H]2C[C@H]3OCc2c(-c3c(Cl)cccc3Cl)noc2C2CC2)cc1. The van der Waals surface area contributed by atoms with E-state index in [4.69, 9.17) is 74.8 Å². The number of esters is 1. The smallest absolute Gasteiger partial charge is 0.302 e. The predicted molar refractivity (Wildman–Crippen MR) is 315 cm³/mol. The molecule has 0 unspecified atom stereocenters. The highest BCUT2D eigenvalue weighted by atomic mass is 35.5. The molecule has 4 aromatic carbocycles. The van der Waals surface area contributed by atoms with Gasteiger partial charge in [-0.2, -0.15) is 0 Å². The highest BCUT2D eigenvalue weighted by Gasteiger charge is 2.47. The number of hydrogen-bond donors (Lipinski definition) is 1. The molecule has 6 aromatic rings. The number of aliphatic hydroxyl groups excluding tert-OH is 1. The first-order valence-electron chi connectivity index (χ1n) is 27.9. The van der Waals surface area contributed by atoms with Gasteiger partial charge in [0.1, 0.15) is 41.0 Å². The van der Waals surface area contributed by atoms with Crippen molar-refractivity contribution in [2.45, 2.75) is 108 Å². The molecule has 2 aromatic heterocycles. The van der Waals surface area contributed by atoms with Crippen LogP contribution >= 0.6 is 46.4 Å². The number of rotatable bonds is 23. The second-order valence-corrected chi connectivity index (χ2v) is 28.4. The van der Waals surface area contributed by atoms with Gasteiger partial charge in [0.15, 0.2) is 31.2 Å². The number of sulfone groups is 2. The van der Waals surface area contributed by atoms with Crippen LogP contribution in [0.4, 0.5) is 11.4 Å². The Kier molecular flexibility index (Phi) is 17.8. The van der Waals surface area contributed by atoms with E-state index >= 15 is 0 Å². The zero-order valence-electron chi connectivity index (χ0n) is 45.4. The van der Waals surface area contributed by atoms with E-state index in [0.717, 1.165) is 98.5 Å². The van der Waals surface area contributed by atoms with Crippen molar-refractivity contribution in [3.8, 4) is 22.5 Å². The normalized spacial score (nSPS) is 21.8. The fraction of sp³-hybridized carbons (Fsp3) is 0.450. The van der Waals surface area contributed by atoms with Crippen LogP contribution in [0.1, 0.15) is 113 Å². The summed E-state index contributed by atoms with van der Waals surface area (Å²) < 4.78 is 77.5. The van der Waals surface area contributed by atoms with Crippen LogP contribution in [-0.4, -0.2) is 123 Å². The van der Waals surface area contributed by atoms with E-state index in [1.165, 1.54) is 6.92 Å². The third kappa shape index (κ3) is 13.5. The third-order valence-electron chi connectivity index (χ3n) is 16.6. The second kappa shape index (κ2) is 24.9. The van der Waals surface area contributed by atoms with E-state index in [1.807, 2.05) is 30.3 Å². The molecule has 4 saturated carbocycles. The van der Waals surface area contributed by atoms with Crippen molar-refractivity contribution in [1.29, 1.82) is 0 Å². The zero-order valence-corrected chi connectivity index (χ0v) is 50.0. The van der Waals surface area contributed by atoms with E-state index in [1.54, 1.807) is 54.6 Å². The van der Waals surface area contributed by atoms with Crippen molar-refractivity contribution in [1.82, 2.24) is 10.3 Å². The molecule has 17 nitrogen and oxygen atoms in total. The lowest BCUT2D eigenvalue weighted by Crippen LogP contribution is -2.38. The molecule has 440 valence electrons. The summed E-state index contributed by atoms with van der Waals surface area (Å²) >= 11 is 26.0. The molecule has 2 saturated heterocycles. The molecule has 6 aliphatic rings. The summed E-state index contributed by atoms with van der Waals surface area (Å²) in [6.45, 7) is 2.89. The number of ketones is 2. The lowest BCUT2D eigenvalue weighted by atomic mass is 10.0. The lowest BCUT2D eigenvalue weighted by Gasteiger charge is -2.33. The number of ether oxygens (including phenoxy) is 3. The maximum Gasteiger partial charge on any atom is 0.302 e. The minimum atomic E-state index is -3.69. The van der Waals surface area contributed by atoms with E-state index in [2.05, 4.69) is 20.1 Å². The van der Waals surface area contributed by atoms with Gasteiger partial charge >= 0.3 is 5.97 Å². The van der Waals surface area contributed by atoms with E-state index < -0.39 is 61.1 Å². The van der Waals surface area contributed by atoms with Gasteiger partial charge in [-0.05, 0) is 124 Å². The van der Waals surface area contributed by atoms with E-state index in [0.29, 0.717) is 103 Å². The summed E-state index contributed by atoms with van der Waals surface area (Å²) in [6.07, 6.45) is 8.27. The minimum Gasteiger partial charge on any atom is -0.465 e. The second-order valence-electron chi connectivity index (χ2n) is 22.5. The highest BCUT2D eigenvalue weighted by Crippen LogP contribution is 2.50. The quantitative estimate of drug-likeness (QED) is 0.0465. The largest absolute Gasteiger partial charge is 0.465 e. The number of nitrogens with zero attached hydrogens (tertiary/aromatic N) is 4. The average Bonchev–Trinajstić information content (AvgIpc) is 3.13. The number of hydrogen-bond acceptors (Lipinski definition) is 17. The van der Waals surface area contributed by atoms with Crippen LogP contribution in [0.5, 0.6) is 0 Å². The Hall–Kier alpha value is -5.35. The van der Waals surface area contributed by atoms with Gasteiger partial charge in [0.2, 0.25) is 0 Å². The molecule has 4 heterocycles. The molecule has 23 heteroatoms. The van der Waals surface area contributed by atoms with Gasteiger partial charge in [-0.1, -0.05) is 68.8 Å². The molecule has 0 radical (unpaired) electrons. The first-order valence-corrected chi connectivity index (χ1v) is 33.0. The Morgan fingerprint density at radius 1 is 0.590 bits per heavy atom. The fourth-order valence-electron chi connectivity index (χ4n) is 12.2. The number of piperidine rings is 2. The topological polar surface area (TPSA) is 226 Å². The Bertz CT molecular complexity index is 3590. The number of halogens is 4. The summed E-state index contributed by atoms with van der Waals surface area (Å²) in [6, 6.07) is 25.6. The van der Waals surface area contributed by atoms with Crippen LogP contribution in [0.2, 0.25) is 20.1 Å². The zero-order chi connectivity index (χ0) is 58.3. The Morgan fingerprint density at radius 2 is 0.988 bits per heavy atom. The monoisotopic (exact) mass is 1250 g/mol.